The van der Waals surface area contributed by atoms with Crippen molar-refractivity contribution in [1.29, 1.82) is 0 Å². The van der Waals surface area contributed by atoms with E-state index in [1.165, 1.54) is 0 Å². The van der Waals surface area contributed by atoms with Crippen LogP contribution in [0.15, 0.2) is 0 Å². The number of hydrogen-bond donors (Lipinski definition) is 0. The van der Waals surface area contributed by atoms with Crippen molar-refractivity contribution >= 4 is 8.77 Å². The molecule has 0 rings (SSSR count). The van der Waals surface area contributed by atoms with Gasteiger partial charge in [0.05, 0.1) is 6.10 Å². The maximum Gasteiger partial charge on any atom is 0.415 e. The van der Waals surface area contributed by atoms with Gasteiger partial charge in [-0.1, -0.05) is 0 Å². The van der Waals surface area contributed by atoms with Crippen LogP contribution < -0.4 is 0 Å². The van der Waals surface area contributed by atoms with E-state index < -0.39 is 8.77 Å². The van der Waals surface area contributed by atoms with E-state index in [-0.39, 0.29) is 6.10 Å². The standard InChI is InChI=1S/C3H7F2OP/c1-3(2)6-7(4)5/h3H,1-2H3. The Labute approximate surface area is 42.7 Å². The van der Waals surface area contributed by atoms with Gasteiger partial charge >= 0.3 is 8.77 Å². The van der Waals surface area contributed by atoms with E-state index in [0.717, 1.165) is 0 Å². The molecule has 44 valence electrons. The van der Waals surface area contributed by atoms with Gasteiger partial charge < -0.3 is 4.52 Å². The summed E-state index contributed by atoms with van der Waals surface area (Å²) in [5, 5.41) is 0. The molecule has 0 aliphatic carbocycles. The van der Waals surface area contributed by atoms with Crippen molar-refractivity contribution in [2.45, 2.75) is 20.0 Å². The fourth-order valence-corrected chi connectivity index (χ4v) is 0.478. The molecule has 4 heteroatoms. The predicted octanol–water partition coefficient (Wildman–Crippen LogP) is 2.58. The molecule has 0 saturated heterocycles. The van der Waals surface area contributed by atoms with E-state index in [9.17, 15) is 8.39 Å². The summed E-state index contributed by atoms with van der Waals surface area (Å²) in [4.78, 5) is 0. The monoisotopic (exact) mass is 128 g/mol. The van der Waals surface area contributed by atoms with Crippen LogP contribution in [0, 0.1) is 0 Å². The van der Waals surface area contributed by atoms with Gasteiger partial charge in [0.2, 0.25) is 0 Å². The highest BCUT2D eigenvalue weighted by molar-refractivity contribution is 7.40. The summed E-state index contributed by atoms with van der Waals surface area (Å²) in [6.07, 6.45) is -0.346. The van der Waals surface area contributed by atoms with E-state index in [1.54, 1.807) is 13.8 Å². The average molecular weight is 128 g/mol. The Balaban J connectivity index is 2.95. The molecule has 0 spiro atoms. The Morgan fingerprint density at radius 1 is 1.43 bits per heavy atom. The Hall–Kier alpha value is 0.250. The predicted molar refractivity (Wildman–Crippen MR) is 25.4 cm³/mol. The van der Waals surface area contributed by atoms with Crippen LogP contribution in [0.4, 0.5) is 8.39 Å². The van der Waals surface area contributed by atoms with Crippen LogP contribution in [0.1, 0.15) is 13.8 Å². The molecule has 7 heavy (non-hydrogen) atoms. The van der Waals surface area contributed by atoms with E-state index in [0.29, 0.717) is 0 Å². The average Bonchev–Trinajstić information content (AvgIpc) is 1.27. The third-order valence-electron chi connectivity index (χ3n) is 0.291. The Bertz CT molecular complexity index is 42.2. The van der Waals surface area contributed by atoms with Crippen molar-refractivity contribution < 1.29 is 12.9 Å². The van der Waals surface area contributed by atoms with Crippen molar-refractivity contribution in [3.63, 3.8) is 0 Å². The molecule has 0 atom stereocenters. The summed E-state index contributed by atoms with van der Waals surface area (Å²) in [5.74, 6) is 0. The zero-order valence-corrected chi connectivity index (χ0v) is 5.08. The minimum Gasteiger partial charge on any atom is -0.303 e. The van der Waals surface area contributed by atoms with Gasteiger partial charge in [-0.2, -0.15) is 8.39 Å². The van der Waals surface area contributed by atoms with Crippen molar-refractivity contribution in [3.8, 4) is 0 Å². The van der Waals surface area contributed by atoms with E-state index in [4.69, 9.17) is 0 Å². The van der Waals surface area contributed by atoms with Crippen LogP contribution in [-0.4, -0.2) is 6.10 Å². The molecular weight excluding hydrogens is 121 g/mol. The fraction of sp³-hybridized carbons (Fsp3) is 1.00. The maximum atomic E-state index is 11.1. The highest BCUT2D eigenvalue weighted by Gasteiger charge is 2.05. The second-order valence-electron chi connectivity index (χ2n) is 1.36. The second kappa shape index (κ2) is 3.28. The van der Waals surface area contributed by atoms with Gasteiger partial charge in [-0.3, -0.25) is 0 Å². The highest BCUT2D eigenvalue weighted by Crippen LogP contribution is 2.40. The topological polar surface area (TPSA) is 9.23 Å². The van der Waals surface area contributed by atoms with Crippen molar-refractivity contribution in [3.05, 3.63) is 0 Å². The molecule has 0 amide bonds. The van der Waals surface area contributed by atoms with Crippen LogP contribution >= 0.6 is 8.77 Å². The molecule has 0 aliphatic heterocycles. The fourth-order valence-electron chi connectivity index (χ4n) is 0.159. The Kier molecular flexibility index (Phi) is 3.39. The lowest BCUT2D eigenvalue weighted by Gasteiger charge is -2.00. The van der Waals surface area contributed by atoms with Gasteiger partial charge in [-0.25, -0.2) is 0 Å². The van der Waals surface area contributed by atoms with E-state index >= 15 is 0 Å². The van der Waals surface area contributed by atoms with Gasteiger partial charge in [-0.05, 0) is 13.8 Å². The summed E-state index contributed by atoms with van der Waals surface area (Å²) in [6, 6.07) is 0. The lowest BCUT2D eigenvalue weighted by molar-refractivity contribution is 0.238. The largest absolute Gasteiger partial charge is 0.415 e. The molecule has 0 bridgehead atoms. The van der Waals surface area contributed by atoms with Gasteiger partial charge in [0, 0.05) is 0 Å². The maximum absolute atomic E-state index is 11.1. The first kappa shape index (κ1) is 7.25. The summed E-state index contributed by atoms with van der Waals surface area (Å²) < 4.78 is 26.2. The third kappa shape index (κ3) is 6.25. The molecule has 0 fully saturated rings. The Morgan fingerprint density at radius 2 is 1.86 bits per heavy atom. The molecule has 0 aliphatic rings. The highest BCUT2D eigenvalue weighted by atomic mass is 31.2. The lowest BCUT2D eigenvalue weighted by atomic mass is 10.5. The minimum absolute atomic E-state index is 0.346. The van der Waals surface area contributed by atoms with Crippen LogP contribution in [-0.2, 0) is 4.52 Å². The number of rotatable bonds is 2. The molecule has 0 aromatic heterocycles. The SMILES string of the molecule is CC(C)OP(F)F. The quantitative estimate of drug-likeness (QED) is 0.519. The molecule has 0 N–H and O–H groups in total. The van der Waals surface area contributed by atoms with Gasteiger partial charge in [0.1, 0.15) is 0 Å². The van der Waals surface area contributed by atoms with Crippen molar-refractivity contribution in [1.82, 2.24) is 0 Å². The normalized spacial score (nSPS) is 11.1. The van der Waals surface area contributed by atoms with Gasteiger partial charge in [-0.15, -0.1) is 0 Å². The molecule has 0 unspecified atom stereocenters. The molecule has 0 radical (unpaired) electrons. The van der Waals surface area contributed by atoms with Crippen molar-refractivity contribution in [2.24, 2.45) is 0 Å². The number of hydrogen-bond acceptors (Lipinski definition) is 1. The first-order valence-electron chi connectivity index (χ1n) is 1.91. The van der Waals surface area contributed by atoms with Crippen LogP contribution in [0.5, 0.6) is 0 Å². The smallest absolute Gasteiger partial charge is 0.303 e. The van der Waals surface area contributed by atoms with E-state index in [1.807, 2.05) is 0 Å². The zero-order valence-electron chi connectivity index (χ0n) is 4.19. The molecule has 0 aromatic rings. The third-order valence-corrected chi connectivity index (χ3v) is 0.872. The van der Waals surface area contributed by atoms with Crippen LogP contribution in [0.3, 0.4) is 0 Å². The molecular formula is C3H7F2OP. The minimum atomic E-state index is -3.14. The number of halogens is 2. The first-order valence-corrected chi connectivity index (χ1v) is 2.95. The zero-order chi connectivity index (χ0) is 5.86. The summed E-state index contributed by atoms with van der Waals surface area (Å²) in [7, 11) is -3.14. The van der Waals surface area contributed by atoms with Crippen LogP contribution in [0.2, 0.25) is 0 Å². The Morgan fingerprint density at radius 3 is 1.86 bits per heavy atom. The lowest BCUT2D eigenvalue weighted by Crippen LogP contribution is -1.92. The summed E-state index contributed by atoms with van der Waals surface area (Å²) >= 11 is 0. The van der Waals surface area contributed by atoms with Gasteiger partial charge in [0.15, 0.2) is 0 Å². The summed E-state index contributed by atoms with van der Waals surface area (Å²) in [5.41, 5.74) is 0. The molecule has 1 nitrogen and oxygen atoms in total. The first-order chi connectivity index (χ1) is 3.13. The van der Waals surface area contributed by atoms with Crippen LogP contribution in [0.25, 0.3) is 0 Å². The van der Waals surface area contributed by atoms with E-state index in [2.05, 4.69) is 4.52 Å². The van der Waals surface area contributed by atoms with Gasteiger partial charge in [0.25, 0.3) is 0 Å². The second-order valence-corrected chi connectivity index (χ2v) is 1.97. The summed E-state index contributed by atoms with van der Waals surface area (Å²) in [6.45, 7) is 3.16. The molecule has 0 saturated carbocycles. The molecule has 0 heterocycles. The van der Waals surface area contributed by atoms with Crippen molar-refractivity contribution in [2.75, 3.05) is 0 Å². The molecule has 0 aromatic carbocycles.